The maximum absolute atomic E-state index is 11.9. The van der Waals surface area contributed by atoms with E-state index in [1.165, 1.54) is 19.3 Å². The van der Waals surface area contributed by atoms with E-state index >= 15 is 0 Å². The summed E-state index contributed by atoms with van der Waals surface area (Å²) in [6, 6.07) is 7.87. The molecule has 0 spiro atoms. The summed E-state index contributed by atoms with van der Waals surface area (Å²) in [6.07, 6.45) is 4.67. The Balaban J connectivity index is 2.50. The molecule has 0 atom stereocenters. The van der Waals surface area contributed by atoms with E-state index in [0.29, 0.717) is 0 Å². The minimum atomic E-state index is -0.113. The van der Waals surface area contributed by atoms with Crippen LogP contribution in [-0.2, 0) is 5.41 Å². The van der Waals surface area contributed by atoms with Crippen molar-refractivity contribution in [2.75, 3.05) is 11.9 Å². The van der Waals surface area contributed by atoms with Gasteiger partial charge in [0.1, 0.15) is 0 Å². The van der Waals surface area contributed by atoms with Gasteiger partial charge in [-0.2, -0.15) is 0 Å². The predicted octanol–water partition coefficient (Wildman–Crippen LogP) is 4.69. The number of unbranched alkanes of at least 4 members (excludes halogenated alkanes) is 3. The molecule has 3 heteroatoms. The van der Waals surface area contributed by atoms with Crippen LogP contribution in [0, 0.1) is 0 Å². The Morgan fingerprint density at radius 2 is 1.80 bits per heavy atom. The van der Waals surface area contributed by atoms with Gasteiger partial charge in [0.25, 0.3) is 0 Å². The maximum Gasteiger partial charge on any atom is 0.319 e. The second-order valence-electron chi connectivity index (χ2n) is 6.24. The lowest BCUT2D eigenvalue weighted by molar-refractivity contribution is 0.252. The first-order valence-corrected chi connectivity index (χ1v) is 7.59. The molecular formula is C17H28N2O. The SMILES string of the molecule is CCCCCCNC(=O)Nc1ccccc1C(C)(C)C. The van der Waals surface area contributed by atoms with Gasteiger partial charge in [0.15, 0.2) is 0 Å². The Labute approximate surface area is 123 Å². The Hall–Kier alpha value is -1.51. The molecule has 0 heterocycles. The predicted molar refractivity (Wildman–Crippen MR) is 86.3 cm³/mol. The number of anilines is 1. The summed E-state index contributed by atoms with van der Waals surface area (Å²) >= 11 is 0. The summed E-state index contributed by atoms with van der Waals surface area (Å²) < 4.78 is 0. The van der Waals surface area contributed by atoms with E-state index in [4.69, 9.17) is 0 Å². The summed E-state index contributed by atoms with van der Waals surface area (Å²) in [5, 5.41) is 5.88. The van der Waals surface area contributed by atoms with E-state index in [2.05, 4.69) is 44.4 Å². The topological polar surface area (TPSA) is 41.1 Å². The fraction of sp³-hybridized carbons (Fsp3) is 0.588. The molecule has 1 aromatic rings. The van der Waals surface area contributed by atoms with E-state index in [0.717, 1.165) is 24.2 Å². The lowest BCUT2D eigenvalue weighted by Crippen LogP contribution is -2.30. The van der Waals surface area contributed by atoms with Gasteiger partial charge in [-0.15, -0.1) is 0 Å². The van der Waals surface area contributed by atoms with E-state index in [-0.39, 0.29) is 11.4 Å². The van der Waals surface area contributed by atoms with Crippen LogP contribution in [-0.4, -0.2) is 12.6 Å². The van der Waals surface area contributed by atoms with Gasteiger partial charge in [0.2, 0.25) is 0 Å². The second kappa shape index (κ2) is 7.93. The number of carbonyl (C=O) groups is 1. The highest BCUT2D eigenvalue weighted by Gasteiger charge is 2.18. The number of carbonyl (C=O) groups excluding carboxylic acids is 1. The first kappa shape index (κ1) is 16.5. The van der Waals surface area contributed by atoms with Crippen molar-refractivity contribution in [1.82, 2.24) is 5.32 Å². The first-order valence-electron chi connectivity index (χ1n) is 7.59. The second-order valence-corrected chi connectivity index (χ2v) is 6.24. The molecule has 1 aromatic carbocycles. The van der Waals surface area contributed by atoms with E-state index in [9.17, 15) is 4.79 Å². The highest BCUT2D eigenvalue weighted by molar-refractivity contribution is 5.90. The minimum absolute atomic E-state index is 0.0188. The quantitative estimate of drug-likeness (QED) is 0.727. The number of para-hydroxylation sites is 1. The summed E-state index contributed by atoms with van der Waals surface area (Å²) in [5.74, 6) is 0. The highest BCUT2D eigenvalue weighted by atomic mass is 16.2. The molecule has 0 saturated heterocycles. The number of benzene rings is 1. The highest BCUT2D eigenvalue weighted by Crippen LogP contribution is 2.29. The van der Waals surface area contributed by atoms with Crippen LogP contribution in [0.5, 0.6) is 0 Å². The molecule has 0 radical (unpaired) electrons. The number of hydrogen-bond acceptors (Lipinski definition) is 1. The van der Waals surface area contributed by atoms with Crippen LogP contribution in [0.1, 0.15) is 58.9 Å². The standard InChI is InChI=1S/C17H28N2O/c1-5-6-7-10-13-18-16(20)19-15-12-9-8-11-14(15)17(2,3)4/h8-9,11-12H,5-7,10,13H2,1-4H3,(H2,18,19,20). The van der Waals surface area contributed by atoms with Crippen LogP contribution in [0.4, 0.5) is 10.5 Å². The zero-order chi connectivity index (χ0) is 15.0. The zero-order valence-electron chi connectivity index (χ0n) is 13.3. The molecule has 0 saturated carbocycles. The van der Waals surface area contributed by atoms with Gasteiger partial charge in [-0.05, 0) is 23.5 Å². The average Bonchev–Trinajstić information content (AvgIpc) is 2.38. The molecule has 2 N–H and O–H groups in total. The molecule has 3 nitrogen and oxygen atoms in total. The number of amides is 2. The summed E-state index contributed by atoms with van der Waals surface area (Å²) in [4.78, 5) is 11.9. The van der Waals surface area contributed by atoms with Crippen molar-refractivity contribution in [2.24, 2.45) is 0 Å². The van der Waals surface area contributed by atoms with Crippen LogP contribution in [0.3, 0.4) is 0 Å². The Morgan fingerprint density at radius 1 is 1.10 bits per heavy atom. The van der Waals surface area contributed by atoms with Crippen molar-refractivity contribution in [2.45, 2.75) is 58.8 Å². The smallest absolute Gasteiger partial charge is 0.319 e. The third kappa shape index (κ3) is 5.64. The molecule has 0 aliphatic heterocycles. The Kier molecular flexibility index (Phi) is 6.56. The van der Waals surface area contributed by atoms with E-state index < -0.39 is 0 Å². The number of rotatable bonds is 6. The van der Waals surface area contributed by atoms with Crippen LogP contribution < -0.4 is 10.6 Å². The lowest BCUT2D eigenvalue weighted by Gasteiger charge is -2.23. The normalized spacial score (nSPS) is 11.2. The van der Waals surface area contributed by atoms with Crippen LogP contribution in [0.2, 0.25) is 0 Å². The first-order chi connectivity index (χ1) is 9.45. The molecule has 0 aliphatic rings. The number of nitrogens with one attached hydrogen (secondary N) is 2. The maximum atomic E-state index is 11.9. The monoisotopic (exact) mass is 276 g/mol. The summed E-state index contributed by atoms with van der Waals surface area (Å²) in [5.41, 5.74) is 2.07. The van der Waals surface area contributed by atoms with Gasteiger partial charge in [-0.25, -0.2) is 4.79 Å². The van der Waals surface area contributed by atoms with Gasteiger partial charge in [0, 0.05) is 12.2 Å². The summed E-state index contributed by atoms with van der Waals surface area (Å²) in [6.45, 7) is 9.37. The van der Waals surface area contributed by atoms with Crippen molar-refractivity contribution in [3.8, 4) is 0 Å². The van der Waals surface area contributed by atoms with Gasteiger partial charge in [-0.1, -0.05) is 65.2 Å². The Bertz CT molecular complexity index is 421. The summed E-state index contributed by atoms with van der Waals surface area (Å²) in [7, 11) is 0. The van der Waals surface area contributed by atoms with Crippen molar-refractivity contribution in [3.63, 3.8) is 0 Å². The van der Waals surface area contributed by atoms with Gasteiger partial charge >= 0.3 is 6.03 Å². The van der Waals surface area contributed by atoms with E-state index in [1.807, 2.05) is 18.2 Å². The van der Waals surface area contributed by atoms with Gasteiger partial charge in [-0.3, -0.25) is 0 Å². The molecule has 0 aromatic heterocycles. The van der Waals surface area contributed by atoms with Gasteiger partial charge in [0.05, 0.1) is 0 Å². The fourth-order valence-electron chi connectivity index (χ4n) is 2.17. The third-order valence-electron chi connectivity index (χ3n) is 3.30. The Morgan fingerprint density at radius 3 is 2.45 bits per heavy atom. The molecule has 0 fully saturated rings. The van der Waals surface area contributed by atoms with E-state index in [1.54, 1.807) is 0 Å². The van der Waals surface area contributed by atoms with Crippen molar-refractivity contribution in [3.05, 3.63) is 29.8 Å². The number of urea groups is 1. The van der Waals surface area contributed by atoms with Crippen LogP contribution in [0.25, 0.3) is 0 Å². The minimum Gasteiger partial charge on any atom is -0.338 e. The van der Waals surface area contributed by atoms with Crippen molar-refractivity contribution in [1.29, 1.82) is 0 Å². The molecule has 112 valence electrons. The third-order valence-corrected chi connectivity index (χ3v) is 3.30. The molecule has 20 heavy (non-hydrogen) atoms. The van der Waals surface area contributed by atoms with Gasteiger partial charge < -0.3 is 10.6 Å². The number of hydrogen-bond donors (Lipinski definition) is 2. The molecule has 1 rings (SSSR count). The molecule has 0 aliphatic carbocycles. The average molecular weight is 276 g/mol. The van der Waals surface area contributed by atoms with Crippen molar-refractivity contribution >= 4 is 11.7 Å². The van der Waals surface area contributed by atoms with Crippen LogP contribution in [0.15, 0.2) is 24.3 Å². The van der Waals surface area contributed by atoms with Crippen LogP contribution >= 0.6 is 0 Å². The molecule has 0 unspecified atom stereocenters. The largest absolute Gasteiger partial charge is 0.338 e. The molecular weight excluding hydrogens is 248 g/mol. The zero-order valence-corrected chi connectivity index (χ0v) is 13.3. The molecule has 2 amide bonds. The fourth-order valence-corrected chi connectivity index (χ4v) is 2.17. The lowest BCUT2D eigenvalue weighted by atomic mass is 9.86. The molecule has 0 bridgehead atoms. The van der Waals surface area contributed by atoms with Crippen molar-refractivity contribution < 1.29 is 4.79 Å².